The van der Waals surface area contributed by atoms with Gasteiger partial charge < -0.3 is 19.6 Å². The maximum atomic E-state index is 2.62. The van der Waals surface area contributed by atoms with Gasteiger partial charge in [0, 0.05) is 80.8 Å². The van der Waals surface area contributed by atoms with Crippen molar-refractivity contribution in [2.75, 3.05) is 19.6 Å². The van der Waals surface area contributed by atoms with E-state index in [9.17, 15) is 0 Å². The molecule has 0 N–H and O–H groups in total. The Bertz CT molecular complexity index is 3710. The number of para-hydroxylation sites is 4. The van der Waals surface area contributed by atoms with E-state index in [2.05, 4.69) is 299 Å². The van der Waals surface area contributed by atoms with Crippen LogP contribution in [0.25, 0.3) is 22.3 Å². The van der Waals surface area contributed by atoms with Crippen LogP contribution in [0.3, 0.4) is 0 Å². The first-order valence-electron chi connectivity index (χ1n) is 29.8. The van der Waals surface area contributed by atoms with Crippen molar-refractivity contribution in [1.82, 2.24) is 0 Å². The summed E-state index contributed by atoms with van der Waals surface area (Å²) in [5.74, 6) is 1.23. The summed E-state index contributed by atoms with van der Waals surface area (Å²) in [6, 6.07) is 105. The van der Waals surface area contributed by atoms with Crippen molar-refractivity contribution in [2.45, 2.75) is 75.3 Å². The highest BCUT2D eigenvalue weighted by Crippen LogP contribution is 2.54. The average molecular weight is 1060 g/mol. The van der Waals surface area contributed by atoms with Crippen molar-refractivity contribution in [3.8, 4) is 22.3 Å². The molecule has 4 atom stereocenters. The van der Waals surface area contributed by atoms with Crippen molar-refractivity contribution < 1.29 is 0 Å². The second-order valence-corrected chi connectivity index (χ2v) is 23.1. The molecule has 2 saturated carbocycles. The molecule has 398 valence electrons. The molecule has 0 amide bonds. The Hall–Kier alpha value is -9.38. The van der Waals surface area contributed by atoms with Crippen LogP contribution in [0.5, 0.6) is 0 Å². The monoisotopic (exact) mass is 1060 g/mol. The van der Waals surface area contributed by atoms with E-state index in [1.54, 1.807) is 0 Å². The molecule has 4 aliphatic rings. The molecule has 2 aliphatic carbocycles. The van der Waals surface area contributed by atoms with E-state index in [1.807, 2.05) is 0 Å². The van der Waals surface area contributed by atoms with Crippen molar-refractivity contribution in [3.63, 3.8) is 0 Å². The minimum atomic E-state index is 0.566. The van der Waals surface area contributed by atoms with Crippen molar-refractivity contribution in [3.05, 3.63) is 312 Å². The number of hydrogen-bond acceptors (Lipinski definition) is 4. The normalized spacial score (nSPS) is 17.5. The quantitative estimate of drug-likeness (QED) is 0.108. The van der Waals surface area contributed by atoms with Gasteiger partial charge in [-0.25, -0.2) is 0 Å². The van der Waals surface area contributed by atoms with Crippen LogP contribution in [0, 0.1) is 0 Å². The molecule has 11 aromatic rings. The zero-order chi connectivity index (χ0) is 54.3. The first-order chi connectivity index (χ1) is 40.6. The van der Waals surface area contributed by atoms with Crippen LogP contribution in [-0.2, 0) is 12.8 Å². The van der Waals surface area contributed by atoms with Crippen LogP contribution in [0.15, 0.2) is 279 Å². The van der Waals surface area contributed by atoms with Gasteiger partial charge in [0.05, 0.1) is 0 Å². The minimum absolute atomic E-state index is 0.566. The zero-order valence-electron chi connectivity index (χ0n) is 46.3. The fourth-order valence-electron chi connectivity index (χ4n) is 14.4. The first-order valence-corrected chi connectivity index (χ1v) is 29.8. The lowest BCUT2D eigenvalue weighted by molar-refractivity contribution is 0.641. The topological polar surface area (TPSA) is 13.0 Å². The first kappa shape index (κ1) is 49.6. The van der Waals surface area contributed by atoms with Crippen molar-refractivity contribution in [2.24, 2.45) is 0 Å². The number of rotatable bonds is 14. The lowest BCUT2D eigenvalue weighted by Gasteiger charge is -2.27. The van der Waals surface area contributed by atoms with Crippen LogP contribution in [0.4, 0.5) is 56.9 Å². The van der Waals surface area contributed by atoms with E-state index in [0.29, 0.717) is 23.9 Å². The van der Waals surface area contributed by atoms with Gasteiger partial charge in [-0.2, -0.15) is 0 Å². The average Bonchev–Trinajstić information content (AvgIpc) is 4.27. The predicted octanol–water partition coefficient (Wildman–Crippen LogP) is 20.7. The summed E-state index contributed by atoms with van der Waals surface area (Å²) in [5, 5.41) is 0. The fraction of sp³-hybridized carbons (Fsp3) is 0.154. The highest BCUT2D eigenvalue weighted by Gasteiger charge is 2.43. The molecule has 0 bridgehead atoms. The van der Waals surface area contributed by atoms with E-state index >= 15 is 0 Å². The maximum absolute atomic E-state index is 2.62. The summed E-state index contributed by atoms with van der Waals surface area (Å²) in [6.45, 7) is 0. The number of anilines is 10. The van der Waals surface area contributed by atoms with Gasteiger partial charge in [-0.1, -0.05) is 183 Å². The summed E-state index contributed by atoms with van der Waals surface area (Å²) in [5.41, 5.74) is 25.5. The standard InChI is InChI=1S/C78H66N4/c1-5-15-63(16-6-1)79(67-41-27-55(28-42-67)51-57-31-49-77-73(53-57)71-23-13-25-75(71)81(77)65-19-9-3-10-20-65)69-45-37-61(38-46-69)59-33-35-60(36-34-59)62-39-47-70(48-40-62)80(64-17-7-2-8-18-64)68-43-29-56(30-44-68)52-58-32-50-78-74(54-58)72-24-14-26-76(72)82(78)66-21-11-4-12-22-66/h1-12,15-22,27-50,53-54,71-72,75-76H,13-14,23-26,51-52H2. The Kier molecular flexibility index (Phi) is 13.1. The molecule has 2 fully saturated rings. The third kappa shape index (κ3) is 9.42. The van der Waals surface area contributed by atoms with Crippen LogP contribution >= 0.6 is 0 Å². The summed E-state index contributed by atoms with van der Waals surface area (Å²) < 4.78 is 0. The van der Waals surface area contributed by atoms with E-state index in [-0.39, 0.29) is 0 Å². The third-order valence-electron chi connectivity index (χ3n) is 18.2. The van der Waals surface area contributed by atoms with E-state index < -0.39 is 0 Å². The lowest BCUT2D eigenvalue weighted by atomic mass is 9.94. The summed E-state index contributed by atoms with van der Waals surface area (Å²) in [7, 11) is 0. The molecule has 0 radical (unpaired) electrons. The van der Waals surface area contributed by atoms with Gasteiger partial charge in [0.25, 0.3) is 0 Å². The van der Waals surface area contributed by atoms with Crippen LogP contribution in [-0.4, -0.2) is 12.1 Å². The molecule has 0 aromatic heterocycles. The van der Waals surface area contributed by atoms with Crippen molar-refractivity contribution >= 4 is 56.9 Å². The van der Waals surface area contributed by atoms with Crippen molar-refractivity contribution in [1.29, 1.82) is 0 Å². The van der Waals surface area contributed by atoms with Gasteiger partial charge >= 0.3 is 0 Å². The highest BCUT2D eigenvalue weighted by molar-refractivity contribution is 5.82. The van der Waals surface area contributed by atoms with Crippen LogP contribution < -0.4 is 19.6 Å². The minimum Gasteiger partial charge on any atom is -0.338 e. The van der Waals surface area contributed by atoms with Crippen LogP contribution in [0.1, 0.15) is 83.7 Å². The van der Waals surface area contributed by atoms with Gasteiger partial charge in [0.15, 0.2) is 0 Å². The fourth-order valence-corrected chi connectivity index (χ4v) is 14.4. The van der Waals surface area contributed by atoms with E-state index in [0.717, 1.165) is 47.0 Å². The van der Waals surface area contributed by atoms with E-state index in [4.69, 9.17) is 0 Å². The SMILES string of the molecule is c1ccc(N(c2ccc(Cc3ccc4c(c3)C3CCCC3N4c3ccccc3)cc2)c2ccc(-c3ccc(-c4ccc(N(c5ccccc5)c5ccc(Cc6ccc7c(c6)C6CCCC6N7c6ccccc6)cc5)cc4)cc3)cc2)cc1. The number of nitrogens with zero attached hydrogens (tertiary/aromatic N) is 4. The second-order valence-electron chi connectivity index (χ2n) is 23.1. The molecule has 11 aromatic carbocycles. The van der Waals surface area contributed by atoms with Gasteiger partial charge in [0.2, 0.25) is 0 Å². The van der Waals surface area contributed by atoms with Gasteiger partial charge in [-0.3, -0.25) is 0 Å². The van der Waals surface area contributed by atoms with Gasteiger partial charge in [-0.05, 0) is 203 Å². The van der Waals surface area contributed by atoms with Crippen LogP contribution in [0.2, 0.25) is 0 Å². The zero-order valence-corrected chi connectivity index (χ0v) is 46.3. The van der Waals surface area contributed by atoms with Gasteiger partial charge in [0.1, 0.15) is 0 Å². The molecule has 0 spiro atoms. The smallest absolute Gasteiger partial charge is 0.0462 e. The molecule has 2 heterocycles. The Labute approximate surface area is 483 Å². The molecule has 82 heavy (non-hydrogen) atoms. The molecular formula is C78H66N4. The predicted molar refractivity (Wildman–Crippen MR) is 343 cm³/mol. The molecular weight excluding hydrogens is 993 g/mol. The Morgan fingerprint density at radius 2 is 0.573 bits per heavy atom. The molecule has 4 heteroatoms. The second kappa shape index (κ2) is 21.6. The number of hydrogen-bond donors (Lipinski definition) is 0. The highest BCUT2D eigenvalue weighted by atomic mass is 15.2. The maximum Gasteiger partial charge on any atom is 0.0462 e. The lowest BCUT2D eigenvalue weighted by Crippen LogP contribution is -2.26. The Balaban J connectivity index is 0.628. The molecule has 15 rings (SSSR count). The number of benzene rings is 11. The summed E-state index contributed by atoms with van der Waals surface area (Å²) in [4.78, 5) is 9.95. The molecule has 0 saturated heterocycles. The Morgan fingerprint density at radius 1 is 0.280 bits per heavy atom. The summed E-state index contributed by atoms with van der Waals surface area (Å²) in [6.07, 6.45) is 9.50. The van der Waals surface area contributed by atoms with E-state index in [1.165, 1.54) is 117 Å². The Morgan fingerprint density at radius 3 is 0.927 bits per heavy atom. The summed E-state index contributed by atoms with van der Waals surface area (Å²) >= 11 is 0. The molecule has 2 aliphatic heterocycles. The largest absolute Gasteiger partial charge is 0.338 e. The molecule has 4 unspecified atom stereocenters. The van der Waals surface area contributed by atoms with Gasteiger partial charge in [-0.15, -0.1) is 0 Å². The number of fused-ring (bicyclic) bond motifs is 6. The molecule has 4 nitrogen and oxygen atoms in total. The third-order valence-corrected chi connectivity index (χ3v) is 18.2.